The highest BCUT2D eigenvalue weighted by molar-refractivity contribution is 6.31. The summed E-state index contributed by atoms with van der Waals surface area (Å²) in [7, 11) is 0. The van der Waals surface area contributed by atoms with E-state index in [1.54, 1.807) is 6.20 Å². The quantitative estimate of drug-likeness (QED) is 0.886. The number of aliphatic hydroxyl groups is 1. The molecule has 1 saturated carbocycles. The lowest BCUT2D eigenvalue weighted by atomic mass is 9.73. The minimum atomic E-state index is -0.810. The standard InChI is InChI=1S/C16H27ClN2O/c1-11(2)8-13-6-5-7-16(20,9-13)15-14(17)10-18-19(15)12(3)4/h10-13,20H,5-9H2,1-4H3. The third-order valence-corrected chi connectivity index (χ3v) is 4.59. The van der Waals surface area contributed by atoms with Crippen molar-refractivity contribution in [1.29, 1.82) is 0 Å². The molecule has 0 spiro atoms. The summed E-state index contributed by atoms with van der Waals surface area (Å²) in [4.78, 5) is 0. The maximum absolute atomic E-state index is 11.2. The predicted molar refractivity (Wildman–Crippen MR) is 82.9 cm³/mol. The molecular weight excluding hydrogens is 272 g/mol. The van der Waals surface area contributed by atoms with Gasteiger partial charge in [0.25, 0.3) is 0 Å². The van der Waals surface area contributed by atoms with Crippen molar-refractivity contribution in [2.45, 2.75) is 71.4 Å². The summed E-state index contributed by atoms with van der Waals surface area (Å²) < 4.78 is 1.89. The van der Waals surface area contributed by atoms with E-state index in [2.05, 4.69) is 32.8 Å². The topological polar surface area (TPSA) is 38.1 Å². The molecule has 20 heavy (non-hydrogen) atoms. The van der Waals surface area contributed by atoms with Crippen LogP contribution in [0.1, 0.15) is 71.5 Å². The largest absolute Gasteiger partial charge is 0.384 e. The number of aromatic nitrogens is 2. The fourth-order valence-electron chi connectivity index (χ4n) is 3.62. The summed E-state index contributed by atoms with van der Waals surface area (Å²) in [6.45, 7) is 8.65. The number of hydrogen-bond acceptors (Lipinski definition) is 2. The van der Waals surface area contributed by atoms with Crippen LogP contribution in [0.25, 0.3) is 0 Å². The van der Waals surface area contributed by atoms with Gasteiger partial charge in [0, 0.05) is 6.04 Å². The first kappa shape index (κ1) is 15.8. The molecule has 2 atom stereocenters. The molecule has 1 N–H and O–H groups in total. The molecule has 3 nitrogen and oxygen atoms in total. The van der Waals surface area contributed by atoms with Gasteiger partial charge >= 0.3 is 0 Å². The summed E-state index contributed by atoms with van der Waals surface area (Å²) in [6.07, 6.45) is 6.72. The first-order valence-corrected chi connectivity index (χ1v) is 8.17. The third kappa shape index (κ3) is 3.20. The highest BCUT2D eigenvalue weighted by Crippen LogP contribution is 2.44. The van der Waals surface area contributed by atoms with Crippen LogP contribution in [0.3, 0.4) is 0 Å². The lowest BCUT2D eigenvalue weighted by molar-refractivity contribution is -0.0323. The van der Waals surface area contributed by atoms with E-state index in [0.29, 0.717) is 16.9 Å². The second kappa shape index (κ2) is 6.07. The highest BCUT2D eigenvalue weighted by Gasteiger charge is 2.40. The molecule has 1 heterocycles. The van der Waals surface area contributed by atoms with E-state index in [0.717, 1.165) is 25.0 Å². The second-order valence-electron chi connectivity index (χ2n) is 7.00. The average molecular weight is 299 g/mol. The lowest BCUT2D eigenvalue weighted by Gasteiger charge is -2.38. The maximum atomic E-state index is 11.2. The number of rotatable bonds is 4. The molecule has 1 fully saturated rings. The van der Waals surface area contributed by atoms with Gasteiger partial charge in [0.1, 0.15) is 5.60 Å². The van der Waals surface area contributed by atoms with Crippen LogP contribution in [-0.4, -0.2) is 14.9 Å². The van der Waals surface area contributed by atoms with Gasteiger partial charge in [0.15, 0.2) is 0 Å². The minimum Gasteiger partial charge on any atom is -0.384 e. The zero-order valence-corrected chi connectivity index (χ0v) is 13.8. The zero-order valence-electron chi connectivity index (χ0n) is 13.1. The van der Waals surface area contributed by atoms with Gasteiger partial charge < -0.3 is 5.11 Å². The van der Waals surface area contributed by atoms with Crippen molar-refractivity contribution in [2.24, 2.45) is 11.8 Å². The van der Waals surface area contributed by atoms with Crippen LogP contribution >= 0.6 is 11.6 Å². The van der Waals surface area contributed by atoms with Crippen LogP contribution in [0.5, 0.6) is 0 Å². The predicted octanol–water partition coefficient (Wildman–Crippen LogP) is 4.54. The van der Waals surface area contributed by atoms with Gasteiger partial charge in [-0.05, 0) is 51.4 Å². The van der Waals surface area contributed by atoms with E-state index < -0.39 is 5.60 Å². The van der Waals surface area contributed by atoms with Crippen LogP contribution in [0.15, 0.2) is 6.20 Å². The molecule has 1 aromatic rings. The van der Waals surface area contributed by atoms with E-state index >= 15 is 0 Å². The zero-order chi connectivity index (χ0) is 14.9. The fourth-order valence-corrected chi connectivity index (χ4v) is 3.92. The number of halogens is 1. The SMILES string of the molecule is CC(C)CC1CCCC(O)(c2c(Cl)cnn2C(C)C)C1. The van der Waals surface area contributed by atoms with Crippen molar-refractivity contribution in [3.8, 4) is 0 Å². The molecular formula is C16H27ClN2O. The molecule has 2 rings (SSSR count). The molecule has 114 valence electrons. The Kier molecular flexibility index (Phi) is 4.80. The smallest absolute Gasteiger partial charge is 0.108 e. The Bertz CT molecular complexity index is 455. The summed E-state index contributed by atoms with van der Waals surface area (Å²) in [6, 6.07) is 0.215. The molecule has 1 aliphatic carbocycles. The maximum Gasteiger partial charge on any atom is 0.108 e. The molecule has 0 saturated heterocycles. The normalized spacial score (nSPS) is 27.5. The lowest BCUT2D eigenvalue weighted by Crippen LogP contribution is -2.36. The van der Waals surface area contributed by atoms with Crippen molar-refractivity contribution < 1.29 is 5.11 Å². The van der Waals surface area contributed by atoms with Crippen molar-refractivity contribution in [2.75, 3.05) is 0 Å². The molecule has 4 heteroatoms. The summed E-state index contributed by atoms with van der Waals surface area (Å²) in [5.74, 6) is 1.26. The van der Waals surface area contributed by atoms with Crippen LogP contribution in [-0.2, 0) is 5.60 Å². The summed E-state index contributed by atoms with van der Waals surface area (Å²) in [5.41, 5.74) is 0.0120. The van der Waals surface area contributed by atoms with Gasteiger partial charge in [-0.1, -0.05) is 31.9 Å². The number of nitrogens with zero attached hydrogens (tertiary/aromatic N) is 2. The van der Waals surface area contributed by atoms with Crippen molar-refractivity contribution in [1.82, 2.24) is 9.78 Å². The van der Waals surface area contributed by atoms with Crippen LogP contribution in [0.2, 0.25) is 5.02 Å². The Morgan fingerprint density at radius 3 is 2.75 bits per heavy atom. The molecule has 1 aliphatic rings. The Labute approximate surface area is 127 Å². The van der Waals surface area contributed by atoms with Gasteiger partial charge in [0.2, 0.25) is 0 Å². The Morgan fingerprint density at radius 1 is 1.45 bits per heavy atom. The minimum absolute atomic E-state index is 0.215. The van der Waals surface area contributed by atoms with E-state index in [1.165, 1.54) is 12.8 Å². The fraction of sp³-hybridized carbons (Fsp3) is 0.812. The van der Waals surface area contributed by atoms with Crippen LogP contribution in [0.4, 0.5) is 0 Å². The molecule has 0 bridgehead atoms. The highest BCUT2D eigenvalue weighted by atomic mass is 35.5. The van der Waals surface area contributed by atoms with Gasteiger partial charge in [-0.25, -0.2) is 0 Å². The summed E-state index contributed by atoms with van der Waals surface area (Å²) in [5, 5.41) is 16.1. The molecule has 0 amide bonds. The third-order valence-electron chi connectivity index (χ3n) is 4.31. The first-order valence-electron chi connectivity index (χ1n) is 7.79. The Balaban J connectivity index is 2.28. The van der Waals surface area contributed by atoms with Crippen molar-refractivity contribution in [3.05, 3.63) is 16.9 Å². The van der Waals surface area contributed by atoms with Gasteiger partial charge in [-0.2, -0.15) is 5.10 Å². The summed E-state index contributed by atoms with van der Waals surface area (Å²) >= 11 is 6.32. The van der Waals surface area contributed by atoms with Gasteiger partial charge in [0.05, 0.1) is 16.9 Å². The molecule has 0 radical (unpaired) electrons. The van der Waals surface area contributed by atoms with E-state index in [-0.39, 0.29) is 6.04 Å². The molecule has 1 aromatic heterocycles. The van der Waals surface area contributed by atoms with Gasteiger partial charge in [-0.3, -0.25) is 4.68 Å². The van der Waals surface area contributed by atoms with Crippen LogP contribution in [0, 0.1) is 11.8 Å². The Hall–Kier alpha value is -0.540. The van der Waals surface area contributed by atoms with E-state index in [4.69, 9.17) is 11.6 Å². The van der Waals surface area contributed by atoms with Crippen molar-refractivity contribution >= 4 is 11.6 Å². The average Bonchev–Trinajstić information content (AvgIpc) is 2.71. The van der Waals surface area contributed by atoms with Crippen LogP contribution < -0.4 is 0 Å². The Morgan fingerprint density at radius 2 is 2.15 bits per heavy atom. The molecule has 2 unspecified atom stereocenters. The van der Waals surface area contributed by atoms with E-state index in [1.807, 2.05) is 4.68 Å². The second-order valence-corrected chi connectivity index (χ2v) is 7.41. The number of hydrogen-bond donors (Lipinski definition) is 1. The first-order chi connectivity index (χ1) is 9.33. The van der Waals surface area contributed by atoms with E-state index in [9.17, 15) is 5.11 Å². The van der Waals surface area contributed by atoms with Crippen molar-refractivity contribution in [3.63, 3.8) is 0 Å². The van der Waals surface area contributed by atoms with Gasteiger partial charge in [-0.15, -0.1) is 0 Å². The monoisotopic (exact) mass is 298 g/mol. The molecule has 0 aliphatic heterocycles. The molecule has 0 aromatic carbocycles.